The molecule has 1 saturated heterocycles. The van der Waals surface area contributed by atoms with Crippen LogP contribution in [0.15, 0.2) is 30.3 Å². The number of hydrogen-bond acceptors (Lipinski definition) is 4. The van der Waals surface area contributed by atoms with Gasteiger partial charge in [0.25, 0.3) is 0 Å². The molecule has 2 aromatic rings. The van der Waals surface area contributed by atoms with Gasteiger partial charge in [-0.3, -0.25) is 9.69 Å². The Balaban J connectivity index is 1.60. The fourth-order valence-electron chi connectivity index (χ4n) is 3.55. The van der Waals surface area contributed by atoms with Crippen LogP contribution in [0.3, 0.4) is 0 Å². The van der Waals surface area contributed by atoms with Gasteiger partial charge in [0.15, 0.2) is 0 Å². The predicted octanol–water partition coefficient (Wildman–Crippen LogP) is 4.07. The molecule has 2 heterocycles. The van der Waals surface area contributed by atoms with Crippen molar-refractivity contribution in [2.75, 3.05) is 6.54 Å². The molecule has 1 aliphatic heterocycles. The first-order chi connectivity index (χ1) is 12.7. The van der Waals surface area contributed by atoms with Crippen molar-refractivity contribution in [1.29, 1.82) is 0 Å². The molecule has 26 heavy (non-hydrogen) atoms. The molecule has 1 aromatic carbocycles. The van der Waals surface area contributed by atoms with Crippen molar-refractivity contribution in [2.45, 2.75) is 65.1 Å². The number of aromatic nitrogens is 1. The smallest absolute Gasteiger partial charge is 0.237 e. The van der Waals surface area contributed by atoms with Gasteiger partial charge in [0.1, 0.15) is 0 Å². The third-order valence-corrected chi connectivity index (χ3v) is 6.19. The number of amides is 1. The number of carbonyl (C=O) groups excluding carboxylic acids is 1. The third-order valence-electron chi connectivity index (χ3n) is 4.97. The van der Waals surface area contributed by atoms with E-state index in [1.807, 2.05) is 13.0 Å². The lowest BCUT2D eigenvalue weighted by molar-refractivity contribution is -0.128. The second-order valence-corrected chi connectivity index (χ2v) is 8.22. The van der Waals surface area contributed by atoms with Crippen LogP contribution in [0.2, 0.25) is 0 Å². The summed E-state index contributed by atoms with van der Waals surface area (Å²) in [5, 5.41) is 4.35. The maximum Gasteiger partial charge on any atom is 0.237 e. The summed E-state index contributed by atoms with van der Waals surface area (Å²) in [5.41, 5.74) is 2.33. The van der Waals surface area contributed by atoms with Crippen LogP contribution < -0.4 is 5.32 Å². The van der Waals surface area contributed by atoms with E-state index in [0.717, 1.165) is 44.5 Å². The van der Waals surface area contributed by atoms with Crippen molar-refractivity contribution >= 4 is 17.2 Å². The zero-order chi connectivity index (χ0) is 18.4. The van der Waals surface area contributed by atoms with Gasteiger partial charge in [-0.2, -0.15) is 0 Å². The Hall–Kier alpha value is -1.72. The van der Waals surface area contributed by atoms with E-state index in [0.29, 0.717) is 6.54 Å². The van der Waals surface area contributed by atoms with E-state index in [1.165, 1.54) is 21.9 Å². The lowest BCUT2D eigenvalue weighted by atomic mass is 10.0. The van der Waals surface area contributed by atoms with E-state index in [9.17, 15) is 4.79 Å². The first kappa shape index (κ1) is 19.1. The fourth-order valence-corrected chi connectivity index (χ4v) is 4.66. The summed E-state index contributed by atoms with van der Waals surface area (Å²) in [4.78, 5) is 21.0. The van der Waals surface area contributed by atoms with Gasteiger partial charge in [-0.15, -0.1) is 11.3 Å². The molecule has 140 valence electrons. The molecule has 1 N–H and O–H groups in total. The molecule has 1 amide bonds. The normalized spacial score (nSPS) is 18.0. The molecule has 0 bridgehead atoms. The molecule has 1 fully saturated rings. The molecule has 0 saturated carbocycles. The van der Waals surface area contributed by atoms with Crippen LogP contribution in [-0.2, 0) is 24.3 Å². The molecule has 1 atom stereocenters. The molecule has 5 heteroatoms. The minimum Gasteiger partial charge on any atom is -0.350 e. The summed E-state index contributed by atoms with van der Waals surface area (Å²) in [6.45, 7) is 6.65. The minimum atomic E-state index is -0.0210. The molecule has 1 unspecified atom stereocenters. The zero-order valence-corrected chi connectivity index (χ0v) is 16.6. The van der Waals surface area contributed by atoms with Crippen molar-refractivity contribution in [3.8, 4) is 0 Å². The third kappa shape index (κ3) is 4.92. The van der Waals surface area contributed by atoms with Gasteiger partial charge in [-0.1, -0.05) is 43.7 Å². The van der Waals surface area contributed by atoms with Crippen LogP contribution in [-0.4, -0.2) is 28.4 Å². The first-order valence-electron chi connectivity index (χ1n) is 9.68. The van der Waals surface area contributed by atoms with Crippen LogP contribution in [0, 0.1) is 6.92 Å². The number of hydrogen-bond donors (Lipinski definition) is 1. The summed E-state index contributed by atoms with van der Waals surface area (Å²) in [7, 11) is 0. The number of carbonyl (C=O) groups is 1. The van der Waals surface area contributed by atoms with Crippen LogP contribution >= 0.6 is 11.3 Å². The summed E-state index contributed by atoms with van der Waals surface area (Å²) in [6.07, 6.45) is 5.37. The Bertz CT molecular complexity index is 713. The standard InChI is InChI=1S/C21H29N3OS/c1-3-9-20-23-16(2)19(26-20)14-22-21(25)18-12-7-8-13-24(18)15-17-10-5-4-6-11-17/h4-6,10-11,18H,3,7-9,12-15H2,1-2H3,(H,22,25). The number of piperidine rings is 1. The molecule has 1 aromatic heterocycles. The highest BCUT2D eigenvalue weighted by Gasteiger charge is 2.28. The highest BCUT2D eigenvalue weighted by atomic mass is 32.1. The van der Waals surface area contributed by atoms with E-state index in [1.54, 1.807) is 11.3 Å². The lowest BCUT2D eigenvalue weighted by Gasteiger charge is -2.34. The van der Waals surface area contributed by atoms with Crippen molar-refractivity contribution in [3.63, 3.8) is 0 Å². The summed E-state index contributed by atoms with van der Waals surface area (Å²) < 4.78 is 0. The average molecular weight is 372 g/mol. The number of benzene rings is 1. The summed E-state index contributed by atoms with van der Waals surface area (Å²) in [5.74, 6) is 0.158. The molecule has 1 aliphatic rings. The largest absolute Gasteiger partial charge is 0.350 e. The predicted molar refractivity (Wildman–Crippen MR) is 107 cm³/mol. The van der Waals surface area contributed by atoms with Gasteiger partial charge in [-0.05, 0) is 44.7 Å². The number of thiazole rings is 1. The van der Waals surface area contributed by atoms with Crippen LogP contribution in [0.5, 0.6) is 0 Å². The highest BCUT2D eigenvalue weighted by molar-refractivity contribution is 7.11. The number of nitrogens with zero attached hydrogens (tertiary/aromatic N) is 2. The second-order valence-electron chi connectivity index (χ2n) is 7.05. The maximum absolute atomic E-state index is 12.8. The van der Waals surface area contributed by atoms with Crippen LogP contribution in [0.1, 0.15) is 53.7 Å². The number of aryl methyl sites for hydroxylation is 2. The zero-order valence-electron chi connectivity index (χ0n) is 15.8. The van der Waals surface area contributed by atoms with Gasteiger partial charge in [0.2, 0.25) is 5.91 Å². The average Bonchev–Trinajstić information content (AvgIpc) is 3.01. The van der Waals surface area contributed by atoms with Gasteiger partial charge in [0.05, 0.1) is 23.3 Å². The van der Waals surface area contributed by atoms with E-state index in [4.69, 9.17) is 0 Å². The number of rotatable bonds is 7. The summed E-state index contributed by atoms with van der Waals surface area (Å²) in [6, 6.07) is 10.4. The SMILES string of the molecule is CCCc1nc(C)c(CNC(=O)C2CCCCN2Cc2ccccc2)s1. The number of likely N-dealkylation sites (tertiary alicyclic amines) is 1. The molecular weight excluding hydrogens is 342 g/mol. The fraction of sp³-hybridized carbons (Fsp3) is 0.524. The second kappa shape index (κ2) is 9.28. The van der Waals surface area contributed by atoms with Crippen LogP contribution in [0.4, 0.5) is 0 Å². The van der Waals surface area contributed by atoms with Crippen molar-refractivity contribution in [2.24, 2.45) is 0 Å². The number of nitrogens with one attached hydrogen (secondary N) is 1. The van der Waals surface area contributed by atoms with E-state index >= 15 is 0 Å². The summed E-state index contributed by atoms with van der Waals surface area (Å²) >= 11 is 1.74. The molecule has 0 aliphatic carbocycles. The monoisotopic (exact) mass is 371 g/mol. The van der Waals surface area contributed by atoms with Gasteiger partial charge < -0.3 is 5.32 Å². The lowest BCUT2D eigenvalue weighted by Crippen LogP contribution is -2.48. The Labute approximate surface area is 160 Å². The van der Waals surface area contributed by atoms with Crippen molar-refractivity contribution < 1.29 is 4.79 Å². The highest BCUT2D eigenvalue weighted by Crippen LogP contribution is 2.22. The van der Waals surface area contributed by atoms with Crippen LogP contribution in [0.25, 0.3) is 0 Å². The quantitative estimate of drug-likeness (QED) is 0.798. The van der Waals surface area contributed by atoms with Gasteiger partial charge in [-0.25, -0.2) is 4.98 Å². The molecule has 3 rings (SSSR count). The van der Waals surface area contributed by atoms with Gasteiger partial charge >= 0.3 is 0 Å². The Morgan fingerprint density at radius 1 is 1.31 bits per heavy atom. The first-order valence-corrected chi connectivity index (χ1v) is 10.5. The molecule has 0 radical (unpaired) electrons. The topological polar surface area (TPSA) is 45.2 Å². The van der Waals surface area contributed by atoms with E-state index < -0.39 is 0 Å². The Morgan fingerprint density at radius 2 is 2.12 bits per heavy atom. The Morgan fingerprint density at radius 3 is 2.88 bits per heavy atom. The minimum absolute atomic E-state index is 0.0210. The molecular formula is C21H29N3OS. The van der Waals surface area contributed by atoms with E-state index in [-0.39, 0.29) is 11.9 Å². The Kier molecular flexibility index (Phi) is 6.80. The van der Waals surface area contributed by atoms with Gasteiger partial charge in [0, 0.05) is 11.4 Å². The maximum atomic E-state index is 12.8. The molecule has 0 spiro atoms. The van der Waals surface area contributed by atoms with Crippen molar-refractivity contribution in [1.82, 2.24) is 15.2 Å². The van der Waals surface area contributed by atoms with E-state index in [2.05, 4.69) is 46.4 Å². The van der Waals surface area contributed by atoms with Crippen molar-refractivity contribution in [3.05, 3.63) is 51.5 Å². The molecule has 4 nitrogen and oxygen atoms in total.